The molecule has 0 unspecified atom stereocenters. The topological polar surface area (TPSA) is 50.3 Å². The van der Waals surface area contributed by atoms with Crippen LogP contribution in [0.4, 0.5) is 0 Å². The van der Waals surface area contributed by atoms with Crippen LogP contribution >= 0.6 is 11.6 Å². The van der Waals surface area contributed by atoms with Gasteiger partial charge in [0.15, 0.2) is 0 Å². The van der Waals surface area contributed by atoms with Gasteiger partial charge in [0.05, 0.1) is 5.92 Å². The van der Waals surface area contributed by atoms with Gasteiger partial charge in [0, 0.05) is 31.9 Å². The molecule has 1 atom stereocenters. The Bertz CT molecular complexity index is 408. The third-order valence-electron chi connectivity index (χ3n) is 2.63. The highest BCUT2D eigenvalue weighted by atomic mass is 35.5. The van der Waals surface area contributed by atoms with Crippen molar-refractivity contribution in [3.8, 4) is 0 Å². The van der Waals surface area contributed by atoms with E-state index in [1.165, 1.54) is 0 Å². The molecule has 2 heterocycles. The van der Waals surface area contributed by atoms with Crippen molar-refractivity contribution in [1.82, 2.24) is 9.88 Å². The molecular formula is C11H11ClN2O2. The second-order valence-corrected chi connectivity index (χ2v) is 4.21. The maximum Gasteiger partial charge on any atom is 0.227 e. The Morgan fingerprint density at radius 2 is 2.44 bits per heavy atom. The van der Waals surface area contributed by atoms with E-state index in [-0.39, 0.29) is 18.2 Å². The van der Waals surface area contributed by atoms with Crippen LogP contribution in [-0.2, 0) is 16.1 Å². The van der Waals surface area contributed by atoms with E-state index in [2.05, 4.69) is 4.98 Å². The minimum atomic E-state index is -0.429. The van der Waals surface area contributed by atoms with Crippen molar-refractivity contribution in [3.05, 3.63) is 30.1 Å². The van der Waals surface area contributed by atoms with Gasteiger partial charge in [-0.1, -0.05) is 6.07 Å². The Balaban J connectivity index is 2.02. The normalized spacial score (nSPS) is 20.2. The summed E-state index contributed by atoms with van der Waals surface area (Å²) in [5.74, 6) is -0.381. The first kappa shape index (κ1) is 11.1. The van der Waals surface area contributed by atoms with Crippen molar-refractivity contribution in [1.29, 1.82) is 0 Å². The van der Waals surface area contributed by atoms with Crippen LogP contribution in [0.2, 0.25) is 0 Å². The maximum atomic E-state index is 11.6. The van der Waals surface area contributed by atoms with E-state index >= 15 is 0 Å². The lowest BCUT2D eigenvalue weighted by atomic mass is 10.1. The van der Waals surface area contributed by atoms with Crippen LogP contribution in [0.25, 0.3) is 0 Å². The molecule has 1 aliphatic rings. The molecule has 0 aromatic carbocycles. The molecule has 1 aliphatic heterocycles. The summed E-state index contributed by atoms with van der Waals surface area (Å²) in [4.78, 5) is 28.2. The van der Waals surface area contributed by atoms with Gasteiger partial charge in [-0.15, -0.1) is 0 Å². The minimum Gasteiger partial charge on any atom is -0.338 e. The van der Waals surface area contributed by atoms with Gasteiger partial charge in [-0.25, -0.2) is 0 Å². The number of amides is 1. The van der Waals surface area contributed by atoms with E-state index < -0.39 is 5.24 Å². The minimum absolute atomic E-state index is 0.0251. The molecule has 1 saturated heterocycles. The Morgan fingerprint density at radius 1 is 1.62 bits per heavy atom. The second-order valence-electron chi connectivity index (χ2n) is 3.84. The standard InChI is InChI=1S/C11H11ClN2O2/c12-11(16)9-4-10(15)14(7-9)6-8-2-1-3-13-5-8/h1-3,5,9H,4,6-7H2/t9-/m1/s1. The van der Waals surface area contributed by atoms with E-state index in [0.717, 1.165) is 5.56 Å². The van der Waals surface area contributed by atoms with Gasteiger partial charge < -0.3 is 4.90 Å². The maximum absolute atomic E-state index is 11.6. The van der Waals surface area contributed by atoms with Crippen LogP contribution in [0.3, 0.4) is 0 Å². The number of carbonyl (C=O) groups is 2. The van der Waals surface area contributed by atoms with Crippen LogP contribution in [0.5, 0.6) is 0 Å². The number of carbonyl (C=O) groups excluding carboxylic acids is 2. The molecule has 0 saturated carbocycles. The molecule has 1 aromatic rings. The van der Waals surface area contributed by atoms with Crippen molar-refractivity contribution in [2.24, 2.45) is 5.92 Å². The molecule has 1 fully saturated rings. The van der Waals surface area contributed by atoms with Crippen LogP contribution < -0.4 is 0 Å². The average molecular weight is 239 g/mol. The Kier molecular flexibility index (Phi) is 3.19. The van der Waals surface area contributed by atoms with Crippen LogP contribution in [-0.4, -0.2) is 27.6 Å². The highest BCUT2D eigenvalue weighted by molar-refractivity contribution is 6.64. The van der Waals surface area contributed by atoms with Crippen LogP contribution in [0, 0.1) is 5.92 Å². The van der Waals surface area contributed by atoms with Crippen molar-refractivity contribution in [3.63, 3.8) is 0 Å². The molecule has 1 aromatic heterocycles. The molecule has 0 radical (unpaired) electrons. The summed E-state index contributed by atoms with van der Waals surface area (Å²) in [6.07, 6.45) is 3.62. The number of rotatable bonds is 3. The second kappa shape index (κ2) is 4.61. The molecule has 2 rings (SSSR count). The van der Waals surface area contributed by atoms with E-state index in [4.69, 9.17) is 11.6 Å². The van der Waals surface area contributed by atoms with E-state index in [9.17, 15) is 9.59 Å². The highest BCUT2D eigenvalue weighted by Crippen LogP contribution is 2.21. The molecule has 4 nitrogen and oxygen atoms in total. The summed E-state index contributed by atoms with van der Waals surface area (Å²) in [6, 6.07) is 3.72. The van der Waals surface area contributed by atoms with Gasteiger partial charge in [-0.3, -0.25) is 14.6 Å². The van der Waals surface area contributed by atoms with Gasteiger partial charge in [0.1, 0.15) is 0 Å². The first-order valence-corrected chi connectivity index (χ1v) is 5.40. The Labute approximate surface area is 98.2 Å². The fraction of sp³-hybridized carbons (Fsp3) is 0.364. The quantitative estimate of drug-likeness (QED) is 0.744. The van der Waals surface area contributed by atoms with Crippen molar-refractivity contribution in [2.75, 3.05) is 6.54 Å². The molecule has 16 heavy (non-hydrogen) atoms. The summed E-state index contributed by atoms with van der Waals surface area (Å²) < 4.78 is 0. The Morgan fingerprint density at radius 3 is 3.00 bits per heavy atom. The first-order chi connectivity index (χ1) is 7.66. The highest BCUT2D eigenvalue weighted by Gasteiger charge is 2.33. The van der Waals surface area contributed by atoms with Gasteiger partial charge >= 0.3 is 0 Å². The predicted octanol–water partition coefficient (Wildman–Crippen LogP) is 1.20. The number of hydrogen-bond donors (Lipinski definition) is 0. The van der Waals surface area contributed by atoms with Crippen molar-refractivity contribution >= 4 is 22.8 Å². The van der Waals surface area contributed by atoms with E-state index in [0.29, 0.717) is 13.1 Å². The lowest BCUT2D eigenvalue weighted by molar-refractivity contribution is -0.128. The fourth-order valence-corrected chi connectivity index (χ4v) is 1.94. The van der Waals surface area contributed by atoms with Crippen molar-refractivity contribution in [2.45, 2.75) is 13.0 Å². The zero-order valence-corrected chi connectivity index (χ0v) is 9.35. The lowest BCUT2D eigenvalue weighted by Gasteiger charge is -2.15. The van der Waals surface area contributed by atoms with Gasteiger partial charge in [-0.05, 0) is 23.2 Å². The zero-order chi connectivity index (χ0) is 11.5. The third-order valence-corrected chi connectivity index (χ3v) is 2.94. The average Bonchev–Trinajstić information content (AvgIpc) is 2.62. The van der Waals surface area contributed by atoms with Crippen LogP contribution in [0.15, 0.2) is 24.5 Å². The summed E-state index contributed by atoms with van der Waals surface area (Å²) in [7, 11) is 0. The van der Waals surface area contributed by atoms with Gasteiger partial charge in [0.25, 0.3) is 0 Å². The number of halogens is 1. The molecule has 0 N–H and O–H groups in total. The number of pyridine rings is 1. The fourth-order valence-electron chi connectivity index (χ4n) is 1.79. The molecular weight excluding hydrogens is 228 g/mol. The Hall–Kier alpha value is -1.42. The predicted molar refractivity (Wildman–Crippen MR) is 58.6 cm³/mol. The molecule has 0 spiro atoms. The van der Waals surface area contributed by atoms with E-state index in [1.54, 1.807) is 17.3 Å². The summed E-state index contributed by atoms with van der Waals surface area (Å²) in [6.45, 7) is 0.906. The molecule has 0 bridgehead atoms. The van der Waals surface area contributed by atoms with Crippen molar-refractivity contribution < 1.29 is 9.59 Å². The lowest BCUT2D eigenvalue weighted by Crippen LogP contribution is -2.25. The van der Waals surface area contributed by atoms with E-state index in [1.807, 2.05) is 12.1 Å². The smallest absolute Gasteiger partial charge is 0.227 e. The number of aromatic nitrogens is 1. The van der Waals surface area contributed by atoms with Gasteiger partial charge in [-0.2, -0.15) is 0 Å². The summed E-state index contributed by atoms with van der Waals surface area (Å²) in [5, 5.41) is -0.429. The molecule has 84 valence electrons. The summed E-state index contributed by atoms with van der Waals surface area (Å²) >= 11 is 5.39. The number of nitrogens with zero attached hydrogens (tertiary/aromatic N) is 2. The molecule has 5 heteroatoms. The largest absolute Gasteiger partial charge is 0.338 e. The number of likely N-dealkylation sites (tertiary alicyclic amines) is 1. The number of hydrogen-bond acceptors (Lipinski definition) is 3. The van der Waals surface area contributed by atoms with Crippen LogP contribution in [0.1, 0.15) is 12.0 Å². The third kappa shape index (κ3) is 2.39. The van der Waals surface area contributed by atoms with Gasteiger partial charge in [0.2, 0.25) is 11.1 Å². The molecule has 1 amide bonds. The first-order valence-electron chi connectivity index (χ1n) is 5.03. The molecule has 0 aliphatic carbocycles. The zero-order valence-electron chi connectivity index (χ0n) is 8.60. The SMILES string of the molecule is O=C(Cl)[C@@H]1CC(=O)N(Cc2cccnc2)C1. The monoisotopic (exact) mass is 238 g/mol. The summed E-state index contributed by atoms with van der Waals surface area (Å²) in [5.41, 5.74) is 0.957.